The fourth-order valence-corrected chi connectivity index (χ4v) is 7.73. The summed E-state index contributed by atoms with van der Waals surface area (Å²) in [7, 11) is -1.40. The van der Waals surface area contributed by atoms with Crippen LogP contribution in [-0.2, 0) is 8.85 Å². The molecular formula is C14H26O2Si. The van der Waals surface area contributed by atoms with Gasteiger partial charge < -0.3 is 8.85 Å². The minimum atomic E-state index is -1.40. The number of rotatable bonds is 5. The minimum Gasteiger partial charge on any atom is -0.397 e. The second-order valence-corrected chi connectivity index (χ2v) is 8.46. The molecule has 17 heavy (non-hydrogen) atoms. The van der Waals surface area contributed by atoms with Crippen molar-refractivity contribution in [2.75, 3.05) is 13.2 Å². The maximum Gasteiger partial charge on any atom is 0.325 e. The molecule has 3 heteroatoms. The quantitative estimate of drug-likeness (QED) is 0.702. The van der Waals surface area contributed by atoms with E-state index in [-0.39, 0.29) is 0 Å². The fraction of sp³-hybridized carbons (Fsp3) is 1.00. The van der Waals surface area contributed by atoms with Crippen molar-refractivity contribution in [3.05, 3.63) is 0 Å². The third-order valence-corrected chi connectivity index (χ3v) is 8.32. The van der Waals surface area contributed by atoms with Gasteiger partial charge in [-0.2, -0.15) is 0 Å². The predicted molar refractivity (Wildman–Crippen MR) is 71.2 cm³/mol. The van der Waals surface area contributed by atoms with Crippen LogP contribution < -0.4 is 0 Å². The van der Waals surface area contributed by atoms with Crippen LogP contribution >= 0.6 is 0 Å². The zero-order valence-corrected chi connectivity index (χ0v) is 12.4. The van der Waals surface area contributed by atoms with Crippen molar-refractivity contribution >= 4 is 9.28 Å². The third kappa shape index (κ3) is 2.22. The van der Waals surface area contributed by atoms with Gasteiger partial charge >= 0.3 is 9.28 Å². The molecule has 0 amide bonds. The molecule has 4 fully saturated rings. The lowest BCUT2D eigenvalue weighted by Crippen LogP contribution is -2.49. The van der Waals surface area contributed by atoms with Crippen molar-refractivity contribution in [3.63, 3.8) is 0 Å². The largest absolute Gasteiger partial charge is 0.397 e. The Morgan fingerprint density at radius 3 is 1.71 bits per heavy atom. The molecule has 0 spiro atoms. The van der Waals surface area contributed by atoms with Crippen LogP contribution in [0.4, 0.5) is 0 Å². The van der Waals surface area contributed by atoms with Crippen molar-refractivity contribution in [2.45, 2.75) is 51.5 Å². The lowest BCUT2D eigenvalue weighted by atomic mass is 9.56. The lowest BCUT2D eigenvalue weighted by Gasteiger charge is -2.55. The molecule has 0 aromatic carbocycles. The monoisotopic (exact) mass is 254 g/mol. The molecule has 0 atom stereocenters. The molecule has 98 valence electrons. The third-order valence-electron chi connectivity index (χ3n) is 5.28. The van der Waals surface area contributed by atoms with Gasteiger partial charge in [0.2, 0.25) is 0 Å². The minimum absolute atomic E-state index is 0.836. The van der Waals surface area contributed by atoms with Crippen molar-refractivity contribution in [1.82, 2.24) is 0 Å². The second-order valence-electron chi connectivity index (χ2n) is 6.29. The molecule has 0 unspecified atom stereocenters. The number of hydrogen-bond donors (Lipinski definition) is 0. The molecule has 0 aromatic rings. The Hall–Kier alpha value is 0.137. The van der Waals surface area contributed by atoms with Crippen molar-refractivity contribution in [2.24, 2.45) is 23.7 Å². The second kappa shape index (κ2) is 5.02. The lowest BCUT2D eigenvalue weighted by molar-refractivity contribution is 0.00390. The molecule has 0 radical (unpaired) electrons. The highest BCUT2D eigenvalue weighted by molar-refractivity contribution is 6.46. The Kier molecular flexibility index (Phi) is 3.60. The maximum absolute atomic E-state index is 6.02. The van der Waals surface area contributed by atoms with E-state index >= 15 is 0 Å². The van der Waals surface area contributed by atoms with E-state index in [0.29, 0.717) is 0 Å². The summed E-state index contributed by atoms with van der Waals surface area (Å²) in [6.07, 6.45) is 7.49. The first-order valence-electron chi connectivity index (χ1n) is 7.55. The van der Waals surface area contributed by atoms with Crippen LogP contribution in [0, 0.1) is 23.7 Å². The number of hydrogen-bond acceptors (Lipinski definition) is 2. The van der Waals surface area contributed by atoms with Gasteiger partial charge in [0.15, 0.2) is 0 Å². The van der Waals surface area contributed by atoms with Crippen molar-refractivity contribution in [1.29, 1.82) is 0 Å². The Morgan fingerprint density at radius 2 is 1.29 bits per heavy atom. The molecular weight excluding hydrogens is 228 g/mol. The topological polar surface area (TPSA) is 18.5 Å². The summed E-state index contributed by atoms with van der Waals surface area (Å²) < 4.78 is 12.0. The van der Waals surface area contributed by atoms with Gasteiger partial charge in [0.25, 0.3) is 0 Å². The van der Waals surface area contributed by atoms with Crippen LogP contribution in [0.25, 0.3) is 0 Å². The summed E-state index contributed by atoms with van der Waals surface area (Å²) in [5, 5.41) is 0. The molecule has 4 aliphatic carbocycles. The molecule has 4 bridgehead atoms. The average molecular weight is 254 g/mol. The summed E-state index contributed by atoms with van der Waals surface area (Å²) in [6.45, 7) is 5.93. The van der Waals surface area contributed by atoms with E-state index in [1.165, 1.54) is 32.1 Å². The van der Waals surface area contributed by atoms with E-state index in [9.17, 15) is 0 Å². The van der Waals surface area contributed by atoms with Gasteiger partial charge in [-0.3, -0.25) is 0 Å². The van der Waals surface area contributed by atoms with Crippen LogP contribution in [0.15, 0.2) is 0 Å². The highest BCUT2D eigenvalue weighted by Crippen LogP contribution is 2.59. The highest BCUT2D eigenvalue weighted by atomic mass is 28.3. The predicted octanol–water partition coefficient (Wildman–Crippen LogP) is 3.11. The fourth-order valence-electron chi connectivity index (χ4n) is 5.01. The van der Waals surface area contributed by atoms with E-state index in [1.807, 2.05) is 0 Å². The summed E-state index contributed by atoms with van der Waals surface area (Å²) >= 11 is 0. The standard InChI is InChI=1S/C14H26O2Si/c1-3-15-17(16-4-2)14-12-6-10-5-11(8-12)9-13(14)7-10/h10-14,17H,3-9H2,1-2H3. The Balaban J connectivity index is 1.73. The molecule has 0 N–H and O–H groups in total. The first kappa shape index (κ1) is 12.2. The SMILES string of the molecule is CCO[SiH](OCC)C1C2CC3CC(C2)CC1C3. The molecule has 0 saturated heterocycles. The first-order valence-corrected chi connectivity index (χ1v) is 9.15. The summed E-state index contributed by atoms with van der Waals surface area (Å²) in [6, 6.07) is 0. The highest BCUT2D eigenvalue weighted by Gasteiger charge is 2.52. The van der Waals surface area contributed by atoms with Crippen LogP contribution in [0.2, 0.25) is 5.54 Å². The van der Waals surface area contributed by atoms with E-state index in [4.69, 9.17) is 8.85 Å². The Labute approximate surface area is 107 Å². The van der Waals surface area contributed by atoms with Crippen LogP contribution in [0.1, 0.15) is 46.0 Å². The van der Waals surface area contributed by atoms with Gasteiger partial charge in [-0.15, -0.1) is 0 Å². The van der Waals surface area contributed by atoms with E-state index in [0.717, 1.165) is 42.4 Å². The molecule has 4 saturated carbocycles. The van der Waals surface area contributed by atoms with Gasteiger partial charge in [0.05, 0.1) is 0 Å². The van der Waals surface area contributed by atoms with Gasteiger partial charge in [-0.1, -0.05) is 0 Å². The van der Waals surface area contributed by atoms with Crippen LogP contribution in [-0.4, -0.2) is 22.5 Å². The normalized spacial score (nSPS) is 43.6. The maximum atomic E-state index is 6.02. The zero-order valence-electron chi connectivity index (χ0n) is 11.2. The smallest absolute Gasteiger partial charge is 0.325 e. The summed E-state index contributed by atoms with van der Waals surface area (Å²) in [5.41, 5.74) is 0.836. The van der Waals surface area contributed by atoms with Crippen molar-refractivity contribution < 1.29 is 8.85 Å². The van der Waals surface area contributed by atoms with E-state index < -0.39 is 9.28 Å². The van der Waals surface area contributed by atoms with E-state index in [1.54, 1.807) is 0 Å². The van der Waals surface area contributed by atoms with Crippen molar-refractivity contribution in [3.8, 4) is 0 Å². The molecule has 4 rings (SSSR count). The van der Waals surface area contributed by atoms with Gasteiger partial charge in [0.1, 0.15) is 0 Å². The van der Waals surface area contributed by atoms with Crippen LogP contribution in [0.3, 0.4) is 0 Å². The Bertz CT molecular complexity index is 235. The molecule has 0 aromatic heterocycles. The zero-order chi connectivity index (χ0) is 11.8. The summed E-state index contributed by atoms with van der Waals surface area (Å²) in [5.74, 6) is 4.04. The molecule has 0 aliphatic heterocycles. The Morgan fingerprint density at radius 1 is 0.824 bits per heavy atom. The van der Waals surface area contributed by atoms with Gasteiger partial charge in [0, 0.05) is 18.8 Å². The average Bonchev–Trinajstić information content (AvgIpc) is 2.28. The van der Waals surface area contributed by atoms with E-state index in [2.05, 4.69) is 13.8 Å². The van der Waals surface area contributed by atoms with Gasteiger partial charge in [-0.05, 0) is 69.6 Å². The summed E-state index contributed by atoms with van der Waals surface area (Å²) in [4.78, 5) is 0. The van der Waals surface area contributed by atoms with Gasteiger partial charge in [-0.25, -0.2) is 0 Å². The molecule has 4 aliphatic rings. The molecule has 2 nitrogen and oxygen atoms in total. The molecule has 0 heterocycles. The first-order chi connectivity index (χ1) is 8.31. The van der Waals surface area contributed by atoms with Crippen LogP contribution in [0.5, 0.6) is 0 Å².